The lowest BCUT2D eigenvalue weighted by Gasteiger charge is -2.29. The van der Waals surface area contributed by atoms with Crippen molar-refractivity contribution in [2.45, 2.75) is 19.6 Å². The molecule has 1 unspecified atom stereocenters. The molecule has 0 fully saturated rings. The molecule has 0 bridgehead atoms. The lowest BCUT2D eigenvalue weighted by Crippen LogP contribution is -2.28. The van der Waals surface area contributed by atoms with Gasteiger partial charge in [0.1, 0.15) is 6.10 Å². The first kappa shape index (κ1) is 13.8. The zero-order valence-corrected chi connectivity index (χ0v) is 12.4. The number of ether oxygens (including phenoxy) is 1. The summed E-state index contributed by atoms with van der Waals surface area (Å²) >= 11 is 0. The number of rotatable bonds is 1. The Morgan fingerprint density at radius 2 is 1.76 bits per heavy atom. The van der Waals surface area contributed by atoms with Gasteiger partial charge in [0.15, 0.2) is 0 Å². The second-order valence-electron chi connectivity index (χ2n) is 5.54. The lowest BCUT2D eigenvalue weighted by atomic mass is 9.91. The molecule has 3 rings (SSSR count). The molecule has 21 heavy (non-hydrogen) atoms. The second-order valence-corrected chi connectivity index (χ2v) is 5.54. The highest BCUT2D eigenvalue weighted by atomic mass is 16.5. The van der Waals surface area contributed by atoms with Crippen LogP contribution < -0.4 is 0 Å². The van der Waals surface area contributed by atoms with E-state index in [9.17, 15) is 4.79 Å². The van der Waals surface area contributed by atoms with Crippen LogP contribution in [0.5, 0.6) is 0 Å². The van der Waals surface area contributed by atoms with Crippen molar-refractivity contribution in [1.82, 2.24) is 4.90 Å². The predicted molar refractivity (Wildman–Crippen MR) is 82.7 cm³/mol. The third-order valence-electron chi connectivity index (χ3n) is 3.84. The Kier molecular flexibility index (Phi) is 3.76. The van der Waals surface area contributed by atoms with Crippen LogP contribution in [-0.4, -0.2) is 24.5 Å². The van der Waals surface area contributed by atoms with Crippen molar-refractivity contribution < 1.29 is 9.53 Å². The van der Waals surface area contributed by atoms with E-state index in [0.717, 1.165) is 17.7 Å². The van der Waals surface area contributed by atoms with Crippen molar-refractivity contribution >= 4 is 5.97 Å². The van der Waals surface area contributed by atoms with Crippen LogP contribution in [-0.2, 0) is 16.1 Å². The summed E-state index contributed by atoms with van der Waals surface area (Å²) in [6, 6.07) is 16.6. The van der Waals surface area contributed by atoms with Crippen molar-refractivity contribution in [1.29, 1.82) is 0 Å². The van der Waals surface area contributed by atoms with Crippen molar-refractivity contribution in [2.24, 2.45) is 0 Å². The number of esters is 1. The number of nitrogens with zero attached hydrogens (tertiary/aromatic N) is 1. The maximum atomic E-state index is 11.4. The fourth-order valence-corrected chi connectivity index (χ4v) is 2.98. The zero-order chi connectivity index (χ0) is 14.8. The first-order valence-corrected chi connectivity index (χ1v) is 7.18. The molecule has 0 saturated heterocycles. The van der Waals surface area contributed by atoms with Crippen LogP contribution in [0.3, 0.4) is 0 Å². The van der Waals surface area contributed by atoms with Gasteiger partial charge in [0.05, 0.1) is 0 Å². The fraction of sp³-hybridized carbons (Fsp3) is 0.278. The van der Waals surface area contributed by atoms with Gasteiger partial charge >= 0.3 is 5.97 Å². The number of carbonyl (C=O) groups is 1. The number of carbonyl (C=O) groups excluding carboxylic acids is 1. The average Bonchev–Trinajstić information content (AvgIpc) is 2.45. The van der Waals surface area contributed by atoms with Gasteiger partial charge in [-0.1, -0.05) is 48.5 Å². The maximum Gasteiger partial charge on any atom is 0.303 e. The SMILES string of the molecule is CC(=O)OC1CN(C)Cc2ccccc2-c2ccccc21. The Labute approximate surface area is 125 Å². The molecule has 0 N–H and O–H groups in total. The van der Waals surface area contributed by atoms with E-state index in [1.807, 2.05) is 12.1 Å². The summed E-state index contributed by atoms with van der Waals surface area (Å²) in [4.78, 5) is 13.6. The summed E-state index contributed by atoms with van der Waals surface area (Å²) in [6.45, 7) is 3.02. The van der Waals surface area contributed by atoms with E-state index in [2.05, 4.69) is 48.3 Å². The Hall–Kier alpha value is -2.13. The summed E-state index contributed by atoms with van der Waals surface area (Å²) in [7, 11) is 2.06. The molecule has 1 aliphatic heterocycles. The van der Waals surface area contributed by atoms with Gasteiger partial charge in [-0.3, -0.25) is 9.69 Å². The maximum absolute atomic E-state index is 11.4. The van der Waals surface area contributed by atoms with Gasteiger partial charge in [0, 0.05) is 25.6 Å². The van der Waals surface area contributed by atoms with Crippen molar-refractivity contribution in [2.75, 3.05) is 13.6 Å². The molecule has 1 atom stereocenters. The third kappa shape index (κ3) is 2.83. The third-order valence-corrected chi connectivity index (χ3v) is 3.84. The Bertz CT molecular complexity index is 666. The molecule has 0 spiro atoms. The predicted octanol–water partition coefficient (Wildman–Crippen LogP) is 3.40. The van der Waals surface area contributed by atoms with E-state index in [4.69, 9.17) is 4.74 Å². The topological polar surface area (TPSA) is 29.5 Å². The minimum atomic E-state index is -0.239. The fourth-order valence-electron chi connectivity index (χ4n) is 2.98. The van der Waals surface area contributed by atoms with E-state index >= 15 is 0 Å². The molecular formula is C18H19NO2. The summed E-state index contributed by atoms with van der Waals surface area (Å²) in [6.07, 6.45) is -0.225. The zero-order valence-electron chi connectivity index (χ0n) is 12.4. The van der Waals surface area contributed by atoms with E-state index in [0.29, 0.717) is 6.54 Å². The minimum Gasteiger partial charge on any atom is -0.456 e. The van der Waals surface area contributed by atoms with E-state index < -0.39 is 0 Å². The summed E-state index contributed by atoms with van der Waals surface area (Å²) < 4.78 is 5.56. The lowest BCUT2D eigenvalue weighted by molar-refractivity contribution is -0.147. The van der Waals surface area contributed by atoms with Crippen molar-refractivity contribution in [3.63, 3.8) is 0 Å². The van der Waals surface area contributed by atoms with Crippen LogP contribution >= 0.6 is 0 Å². The molecule has 1 heterocycles. The normalized spacial score (nSPS) is 18.1. The van der Waals surface area contributed by atoms with E-state index in [1.165, 1.54) is 18.1 Å². The van der Waals surface area contributed by atoms with Gasteiger partial charge in [0.2, 0.25) is 0 Å². The molecule has 2 aromatic carbocycles. The molecule has 0 radical (unpaired) electrons. The van der Waals surface area contributed by atoms with Gasteiger partial charge in [0.25, 0.3) is 0 Å². The van der Waals surface area contributed by atoms with Gasteiger partial charge < -0.3 is 4.74 Å². The van der Waals surface area contributed by atoms with Crippen LogP contribution in [0.15, 0.2) is 48.5 Å². The van der Waals surface area contributed by atoms with Crippen LogP contribution in [0, 0.1) is 0 Å². The number of likely N-dealkylation sites (N-methyl/N-ethyl adjacent to an activating group) is 1. The molecule has 0 saturated carbocycles. The van der Waals surface area contributed by atoms with Crippen molar-refractivity contribution in [3.05, 3.63) is 59.7 Å². The number of hydrogen-bond donors (Lipinski definition) is 0. The Balaban J connectivity index is 2.16. The molecular weight excluding hydrogens is 262 g/mol. The number of benzene rings is 2. The van der Waals surface area contributed by atoms with Crippen LogP contribution in [0.1, 0.15) is 24.2 Å². The van der Waals surface area contributed by atoms with E-state index in [-0.39, 0.29) is 12.1 Å². The summed E-state index contributed by atoms with van der Waals surface area (Å²) in [5.74, 6) is -0.239. The summed E-state index contributed by atoms with van der Waals surface area (Å²) in [5.41, 5.74) is 4.75. The highest BCUT2D eigenvalue weighted by molar-refractivity contribution is 5.72. The molecule has 1 aliphatic rings. The van der Waals surface area contributed by atoms with E-state index in [1.54, 1.807) is 0 Å². The first-order chi connectivity index (χ1) is 10.1. The van der Waals surface area contributed by atoms with Crippen molar-refractivity contribution in [3.8, 4) is 11.1 Å². The molecule has 2 aromatic rings. The minimum absolute atomic E-state index is 0.225. The number of fused-ring (bicyclic) bond motifs is 3. The second kappa shape index (κ2) is 5.70. The largest absolute Gasteiger partial charge is 0.456 e. The first-order valence-electron chi connectivity index (χ1n) is 7.18. The van der Waals surface area contributed by atoms with Crippen LogP contribution in [0.4, 0.5) is 0 Å². The highest BCUT2D eigenvalue weighted by Crippen LogP contribution is 2.35. The smallest absolute Gasteiger partial charge is 0.303 e. The van der Waals surface area contributed by atoms with Gasteiger partial charge in [-0.2, -0.15) is 0 Å². The molecule has 3 nitrogen and oxygen atoms in total. The molecule has 0 aliphatic carbocycles. The van der Waals surface area contributed by atoms with Crippen LogP contribution in [0.25, 0.3) is 11.1 Å². The summed E-state index contributed by atoms with van der Waals surface area (Å²) in [5, 5.41) is 0. The molecule has 108 valence electrons. The molecule has 0 aromatic heterocycles. The molecule has 0 amide bonds. The average molecular weight is 281 g/mol. The number of hydrogen-bond acceptors (Lipinski definition) is 3. The van der Waals surface area contributed by atoms with Gasteiger partial charge in [-0.25, -0.2) is 0 Å². The van der Waals surface area contributed by atoms with Gasteiger partial charge in [-0.05, 0) is 23.7 Å². The van der Waals surface area contributed by atoms with Gasteiger partial charge in [-0.15, -0.1) is 0 Å². The molecule has 3 heteroatoms. The Morgan fingerprint density at radius 1 is 1.10 bits per heavy atom. The Morgan fingerprint density at radius 3 is 2.52 bits per heavy atom. The highest BCUT2D eigenvalue weighted by Gasteiger charge is 2.24. The standard InChI is InChI=1S/C18H19NO2/c1-13(20)21-18-12-19(2)11-14-7-3-4-8-15(14)16-9-5-6-10-17(16)18/h3-10,18H,11-12H2,1-2H3. The monoisotopic (exact) mass is 281 g/mol. The van der Waals surface area contributed by atoms with Crippen LogP contribution in [0.2, 0.25) is 0 Å². The quantitative estimate of drug-likeness (QED) is 0.750.